The van der Waals surface area contributed by atoms with Gasteiger partial charge >= 0.3 is 0 Å². The molecule has 1 aliphatic rings. The minimum Gasteiger partial charge on any atom is -0.360 e. The van der Waals surface area contributed by atoms with Gasteiger partial charge in [0.25, 0.3) is 5.91 Å². The molecule has 2 aromatic heterocycles. The fourth-order valence-corrected chi connectivity index (χ4v) is 3.78. The Morgan fingerprint density at radius 2 is 1.84 bits per heavy atom. The summed E-state index contributed by atoms with van der Waals surface area (Å²) in [6.07, 6.45) is 0. The standard InChI is InChI=1S/C19H28N4O2/c1-13(2)23-15(4)11-18(16(23)5)19(24)22-8-6-21(7-9-22)12-17-10-14(3)20-25-17/h10-11,13H,6-9,12H2,1-5H3. The molecule has 2 aromatic rings. The molecule has 6 heteroatoms. The highest BCUT2D eigenvalue weighted by molar-refractivity contribution is 5.95. The Morgan fingerprint density at radius 1 is 1.16 bits per heavy atom. The van der Waals surface area contributed by atoms with Gasteiger partial charge in [0, 0.05) is 49.7 Å². The van der Waals surface area contributed by atoms with E-state index >= 15 is 0 Å². The zero-order valence-corrected chi connectivity index (χ0v) is 15.9. The molecule has 0 unspecified atom stereocenters. The maximum Gasteiger partial charge on any atom is 0.255 e. The van der Waals surface area contributed by atoms with E-state index in [0.29, 0.717) is 6.04 Å². The fourth-order valence-electron chi connectivity index (χ4n) is 3.78. The van der Waals surface area contributed by atoms with Crippen LogP contribution in [-0.2, 0) is 6.54 Å². The van der Waals surface area contributed by atoms with E-state index in [-0.39, 0.29) is 5.91 Å². The topological polar surface area (TPSA) is 54.5 Å². The molecule has 1 fully saturated rings. The van der Waals surface area contributed by atoms with Crippen LogP contribution in [-0.4, -0.2) is 51.6 Å². The normalized spacial score (nSPS) is 16.0. The summed E-state index contributed by atoms with van der Waals surface area (Å²) in [7, 11) is 0. The average molecular weight is 344 g/mol. The minimum atomic E-state index is 0.148. The van der Waals surface area contributed by atoms with Crippen LogP contribution >= 0.6 is 0 Å². The van der Waals surface area contributed by atoms with Crippen LogP contribution in [0.25, 0.3) is 0 Å². The van der Waals surface area contributed by atoms with Crippen molar-refractivity contribution in [1.82, 2.24) is 19.5 Å². The van der Waals surface area contributed by atoms with Crippen LogP contribution in [0.1, 0.15) is 53.1 Å². The quantitative estimate of drug-likeness (QED) is 0.856. The third kappa shape index (κ3) is 3.63. The van der Waals surface area contributed by atoms with Gasteiger partial charge in [-0.1, -0.05) is 5.16 Å². The molecule has 6 nitrogen and oxygen atoms in total. The van der Waals surface area contributed by atoms with Gasteiger partial charge in [0.05, 0.1) is 17.8 Å². The second-order valence-corrected chi connectivity index (χ2v) is 7.25. The lowest BCUT2D eigenvalue weighted by molar-refractivity contribution is 0.0616. The smallest absolute Gasteiger partial charge is 0.255 e. The van der Waals surface area contributed by atoms with E-state index in [2.05, 4.69) is 35.4 Å². The number of rotatable bonds is 4. The lowest BCUT2D eigenvalue weighted by Gasteiger charge is -2.34. The number of piperazine rings is 1. The molecule has 0 spiro atoms. The summed E-state index contributed by atoms with van der Waals surface area (Å²) >= 11 is 0. The summed E-state index contributed by atoms with van der Waals surface area (Å²) in [6, 6.07) is 4.36. The Hall–Kier alpha value is -2.08. The summed E-state index contributed by atoms with van der Waals surface area (Å²) in [5.41, 5.74) is 3.96. The van der Waals surface area contributed by atoms with E-state index in [1.165, 1.54) is 0 Å². The molecule has 0 radical (unpaired) electrons. The molecule has 0 aromatic carbocycles. The van der Waals surface area contributed by atoms with E-state index in [4.69, 9.17) is 4.52 Å². The van der Waals surface area contributed by atoms with Crippen molar-refractivity contribution in [1.29, 1.82) is 0 Å². The fraction of sp³-hybridized carbons (Fsp3) is 0.579. The molecule has 1 saturated heterocycles. The van der Waals surface area contributed by atoms with Gasteiger partial charge in [-0.05, 0) is 40.7 Å². The summed E-state index contributed by atoms with van der Waals surface area (Å²) < 4.78 is 7.52. The van der Waals surface area contributed by atoms with Crippen molar-refractivity contribution < 1.29 is 9.32 Å². The van der Waals surface area contributed by atoms with Gasteiger partial charge in [-0.25, -0.2) is 0 Å². The molecule has 0 atom stereocenters. The number of carbonyl (C=O) groups excluding carboxylic acids is 1. The molecule has 3 heterocycles. The molecule has 25 heavy (non-hydrogen) atoms. The molecule has 136 valence electrons. The first kappa shape index (κ1) is 17.7. The van der Waals surface area contributed by atoms with Gasteiger partial charge in [-0.3, -0.25) is 9.69 Å². The van der Waals surface area contributed by atoms with Crippen molar-refractivity contribution in [2.24, 2.45) is 0 Å². The SMILES string of the molecule is Cc1cc(CN2CCN(C(=O)c3cc(C)n(C(C)C)c3C)CC2)on1. The number of aromatic nitrogens is 2. The van der Waals surface area contributed by atoms with Crippen LogP contribution in [0.5, 0.6) is 0 Å². The van der Waals surface area contributed by atoms with Gasteiger partial charge in [0.15, 0.2) is 5.76 Å². The Bertz CT molecular complexity index is 752. The summed E-state index contributed by atoms with van der Waals surface area (Å²) in [5.74, 6) is 1.04. The molecule has 3 rings (SSSR count). The van der Waals surface area contributed by atoms with Crippen LogP contribution in [0, 0.1) is 20.8 Å². The van der Waals surface area contributed by atoms with E-state index < -0.39 is 0 Å². The molecule has 0 N–H and O–H groups in total. The number of carbonyl (C=O) groups is 1. The monoisotopic (exact) mass is 344 g/mol. The number of hydrogen-bond donors (Lipinski definition) is 0. The summed E-state index contributed by atoms with van der Waals surface area (Å²) in [5, 5.41) is 3.93. The van der Waals surface area contributed by atoms with Gasteiger partial charge in [-0.2, -0.15) is 0 Å². The number of amides is 1. The van der Waals surface area contributed by atoms with Crippen LogP contribution in [0.2, 0.25) is 0 Å². The van der Waals surface area contributed by atoms with Crippen molar-refractivity contribution in [3.8, 4) is 0 Å². The molecule has 0 bridgehead atoms. The van der Waals surface area contributed by atoms with Gasteiger partial charge in [-0.15, -0.1) is 0 Å². The average Bonchev–Trinajstić information content (AvgIpc) is 3.10. The summed E-state index contributed by atoms with van der Waals surface area (Å²) in [4.78, 5) is 17.2. The second kappa shape index (κ2) is 7.04. The van der Waals surface area contributed by atoms with Crippen molar-refractivity contribution in [2.45, 2.75) is 47.2 Å². The Kier molecular flexibility index (Phi) is 4.99. The summed E-state index contributed by atoms with van der Waals surface area (Å²) in [6.45, 7) is 14.3. The van der Waals surface area contributed by atoms with Crippen molar-refractivity contribution >= 4 is 5.91 Å². The molecular weight excluding hydrogens is 316 g/mol. The predicted molar refractivity (Wildman–Crippen MR) is 96.7 cm³/mol. The zero-order chi connectivity index (χ0) is 18.1. The van der Waals surface area contributed by atoms with E-state index in [9.17, 15) is 4.79 Å². The van der Waals surface area contributed by atoms with Crippen LogP contribution in [0.15, 0.2) is 16.7 Å². The van der Waals surface area contributed by atoms with Gasteiger partial charge < -0.3 is 14.0 Å². The predicted octanol–water partition coefficient (Wildman–Crippen LogP) is 2.94. The largest absolute Gasteiger partial charge is 0.360 e. The third-order valence-electron chi connectivity index (χ3n) is 4.95. The van der Waals surface area contributed by atoms with Crippen LogP contribution in [0.4, 0.5) is 0 Å². The highest BCUT2D eigenvalue weighted by Gasteiger charge is 2.26. The lowest BCUT2D eigenvalue weighted by atomic mass is 10.2. The Labute approximate surface area is 149 Å². The maximum atomic E-state index is 12.9. The van der Waals surface area contributed by atoms with Crippen LogP contribution in [0.3, 0.4) is 0 Å². The molecule has 0 aliphatic carbocycles. The van der Waals surface area contributed by atoms with Crippen molar-refractivity contribution in [2.75, 3.05) is 26.2 Å². The number of nitrogens with zero attached hydrogens (tertiary/aromatic N) is 4. The van der Waals surface area contributed by atoms with E-state index in [1.54, 1.807) is 0 Å². The molecular formula is C19H28N4O2. The lowest BCUT2D eigenvalue weighted by Crippen LogP contribution is -2.48. The van der Waals surface area contributed by atoms with Crippen molar-refractivity contribution in [3.05, 3.63) is 40.5 Å². The first-order valence-electron chi connectivity index (χ1n) is 8.99. The zero-order valence-electron chi connectivity index (χ0n) is 15.9. The van der Waals surface area contributed by atoms with E-state index in [0.717, 1.165) is 61.1 Å². The first-order valence-corrected chi connectivity index (χ1v) is 8.99. The number of hydrogen-bond acceptors (Lipinski definition) is 4. The highest BCUT2D eigenvalue weighted by Crippen LogP contribution is 2.22. The highest BCUT2D eigenvalue weighted by atomic mass is 16.5. The van der Waals surface area contributed by atoms with Gasteiger partial charge in [0.1, 0.15) is 0 Å². The molecule has 1 amide bonds. The van der Waals surface area contributed by atoms with E-state index in [1.807, 2.05) is 30.9 Å². The molecule has 0 saturated carbocycles. The van der Waals surface area contributed by atoms with Crippen LogP contribution < -0.4 is 0 Å². The minimum absolute atomic E-state index is 0.148. The van der Waals surface area contributed by atoms with Gasteiger partial charge in [0.2, 0.25) is 0 Å². The number of aryl methyl sites for hydroxylation is 2. The molecule has 1 aliphatic heterocycles. The first-order chi connectivity index (χ1) is 11.9. The maximum absolute atomic E-state index is 12.9. The third-order valence-corrected chi connectivity index (χ3v) is 4.95. The van der Waals surface area contributed by atoms with Crippen molar-refractivity contribution in [3.63, 3.8) is 0 Å². The Balaban J connectivity index is 1.63. The second-order valence-electron chi connectivity index (χ2n) is 7.25. The Morgan fingerprint density at radius 3 is 2.36 bits per heavy atom.